The van der Waals surface area contributed by atoms with E-state index in [0.717, 1.165) is 21.3 Å². The summed E-state index contributed by atoms with van der Waals surface area (Å²) in [7, 11) is 0. The molecule has 4 heteroatoms. The first-order chi connectivity index (χ1) is 8.97. The number of rotatable bonds is 3. The second kappa shape index (κ2) is 5.95. The lowest BCUT2D eigenvalue weighted by molar-refractivity contribution is 0.199. The van der Waals surface area contributed by atoms with Gasteiger partial charge in [-0.15, -0.1) is 0 Å². The van der Waals surface area contributed by atoms with Crippen LogP contribution in [0, 0.1) is 6.92 Å². The third kappa shape index (κ3) is 3.50. The van der Waals surface area contributed by atoms with E-state index in [1.807, 2.05) is 37.3 Å². The Kier molecular flexibility index (Phi) is 4.50. The number of aryl methyl sites for hydroxylation is 1. The van der Waals surface area contributed by atoms with E-state index in [4.69, 9.17) is 16.3 Å². The molecule has 2 nitrogen and oxygen atoms in total. The van der Waals surface area contributed by atoms with Crippen LogP contribution in [0.2, 0.25) is 5.02 Å². The quantitative estimate of drug-likeness (QED) is 0.825. The van der Waals surface area contributed by atoms with E-state index in [9.17, 15) is 5.11 Å². The fourth-order valence-electron chi connectivity index (χ4n) is 1.71. The second-order valence-corrected chi connectivity index (χ2v) is 5.67. The molecule has 19 heavy (non-hydrogen) atoms. The van der Waals surface area contributed by atoms with E-state index in [1.54, 1.807) is 13.0 Å². The van der Waals surface area contributed by atoms with Crippen LogP contribution >= 0.6 is 27.5 Å². The van der Waals surface area contributed by atoms with Crippen molar-refractivity contribution in [2.75, 3.05) is 0 Å². The van der Waals surface area contributed by atoms with E-state index in [-0.39, 0.29) is 0 Å². The van der Waals surface area contributed by atoms with Gasteiger partial charge < -0.3 is 9.84 Å². The first-order valence-corrected chi connectivity index (χ1v) is 7.06. The van der Waals surface area contributed by atoms with Crippen molar-refractivity contribution in [2.45, 2.75) is 20.0 Å². The van der Waals surface area contributed by atoms with Crippen LogP contribution in [0.15, 0.2) is 40.9 Å². The summed E-state index contributed by atoms with van der Waals surface area (Å²) in [4.78, 5) is 0. The molecule has 2 aromatic rings. The third-order valence-electron chi connectivity index (χ3n) is 2.80. The SMILES string of the molecule is Cc1cc(Cl)ccc1Oc1ccc(C(C)O)cc1Br. The minimum absolute atomic E-state index is 0.498. The molecule has 100 valence electrons. The maximum atomic E-state index is 9.53. The highest BCUT2D eigenvalue weighted by atomic mass is 79.9. The molecule has 1 atom stereocenters. The molecule has 0 fully saturated rings. The van der Waals surface area contributed by atoms with Gasteiger partial charge >= 0.3 is 0 Å². The van der Waals surface area contributed by atoms with Crippen LogP contribution in [-0.2, 0) is 0 Å². The van der Waals surface area contributed by atoms with Crippen LogP contribution in [0.5, 0.6) is 11.5 Å². The normalized spacial score (nSPS) is 12.3. The van der Waals surface area contributed by atoms with Crippen molar-refractivity contribution in [3.63, 3.8) is 0 Å². The van der Waals surface area contributed by atoms with Crippen molar-refractivity contribution in [2.24, 2.45) is 0 Å². The molecular weight excluding hydrogens is 328 g/mol. The van der Waals surface area contributed by atoms with E-state index >= 15 is 0 Å². The minimum Gasteiger partial charge on any atom is -0.456 e. The largest absolute Gasteiger partial charge is 0.456 e. The standard InChI is InChI=1S/C15H14BrClO2/c1-9-7-12(17)4-6-14(9)19-15-5-3-11(10(2)18)8-13(15)16/h3-8,10,18H,1-2H3. The van der Waals surface area contributed by atoms with Crippen molar-refractivity contribution in [1.82, 2.24) is 0 Å². The number of hydrogen-bond acceptors (Lipinski definition) is 2. The topological polar surface area (TPSA) is 29.5 Å². The Morgan fingerprint density at radius 3 is 2.42 bits per heavy atom. The Labute approximate surface area is 126 Å². The number of hydrogen-bond donors (Lipinski definition) is 1. The van der Waals surface area contributed by atoms with E-state index in [2.05, 4.69) is 15.9 Å². The van der Waals surface area contributed by atoms with Crippen LogP contribution in [0.25, 0.3) is 0 Å². The number of benzene rings is 2. The van der Waals surface area contributed by atoms with E-state index < -0.39 is 6.10 Å². The molecule has 1 unspecified atom stereocenters. The first kappa shape index (κ1) is 14.4. The molecule has 0 spiro atoms. The molecule has 0 radical (unpaired) electrons. The summed E-state index contributed by atoms with van der Waals surface area (Å²) in [5.41, 5.74) is 1.81. The highest BCUT2D eigenvalue weighted by Crippen LogP contribution is 2.33. The molecule has 0 aliphatic rings. The highest BCUT2D eigenvalue weighted by molar-refractivity contribution is 9.10. The predicted molar refractivity (Wildman–Crippen MR) is 81.0 cm³/mol. The summed E-state index contributed by atoms with van der Waals surface area (Å²) in [6.07, 6.45) is -0.498. The minimum atomic E-state index is -0.498. The number of aliphatic hydroxyl groups excluding tert-OH is 1. The molecule has 0 aromatic heterocycles. The summed E-state index contributed by atoms with van der Waals surface area (Å²) >= 11 is 9.36. The molecule has 2 rings (SSSR count). The smallest absolute Gasteiger partial charge is 0.141 e. The molecule has 1 N–H and O–H groups in total. The molecule has 0 aliphatic carbocycles. The first-order valence-electron chi connectivity index (χ1n) is 5.89. The lowest BCUT2D eigenvalue weighted by Crippen LogP contribution is -1.93. The fourth-order valence-corrected chi connectivity index (χ4v) is 2.41. The zero-order valence-electron chi connectivity index (χ0n) is 10.7. The van der Waals surface area contributed by atoms with Gasteiger partial charge in [-0.05, 0) is 71.2 Å². The third-order valence-corrected chi connectivity index (χ3v) is 3.65. The Balaban J connectivity index is 2.28. The number of halogens is 2. The van der Waals surface area contributed by atoms with Gasteiger partial charge in [0.15, 0.2) is 0 Å². The Bertz CT molecular complexity index is 597. The Hall–Kier alpha value is -1.03. The van der Waals surface area contributed by atoms with Gasteiger partial charge in [-0.1, -0.05) is 17.7 Å². The van der Waals surface area contributed by atoms with Gasteiger partial charge in [0.1, 0.15) is 11.5 Å². The molecule has 0 saturated heterocycles. The average Bonchev–Trinajstić information content (AvgIpc) is 2.34. The van der Waals surface area contributed by atoms with Crippen LogP contribution in [0.4, 0.5) is 0 Å². The van der Waals surface area contributed by atoms with Crippen molar-refractivity contribution in [3.05, 3.63) is 57.0 Å². The lowest BCUT2D eigenvalue weighted by atomic mass is 10.1. The summed E-state index contributed by atoms with van der Waals surface area (Å²) in [5, 5.41) is 10.2. The lowest BCUT2D eigenvalue weighted by Gasteiger charge is -2.12. The van der Waals surface area contributed by atoms with Gasteiger partial charge in [-0.3, -0.25) is 0 Å². The van der Waals surface area contributed by atoms with Gasteiger partial charge in [0.2, 0.25) is 0 Å². The van der Waals surface area contributed by atoms with E-state index in [0.29, 0.717) is 10.8 Å². The predicted octanol–water partition coefficient (Wildman–Crippen LogP) is 5.26. The monoisotopic (exact) mass is 340 g/mol. The molecular formula is C15H14BrClO2. The summed E-state index contributed by atoms with van der Waals surface area (Å²) in [6, 6.07) is 11.0. The van der Waals surface area contributed by atoms with Crippen LogP contribution < -0.4 is 4.74 Å². The van der Waals surface area contributed by atoms with Crippen LogP contribution in [0.1, 0.15) is 24.2 Å². The van der Waals surface area contributed by atoms with Crippen molar-refractivity contribution in [1.29, 1.82) is 0 Å². The van der Waals surface area contributed by atoms with Gasteiger partial charge in [0.25, 0.3) is 0 Å². The summed E-state index contributed by atoms with van der Waals surface area (Å²) < 4.78 is 6.65. The van der Waals surface area contributed by atoms with Crippen molar-refractivity contribution >= 4 is 27.5 Å². The Morgan fingerprint density at radius 1 is 1.16 bits per heavy atom. The maximum absolute atomic E-state index is 9.53. The maximum Gasteiger partial charge on any atom is 0.141 e. The zero-order valence-corrected chi connectivity index (χ0v) is 13.0. The number of ether oxygens (including phenoxy) is 1. The fraction of sp³-hybridized carbons (Fsp3) is 0.200. The molecule has 0 bridgehead atoms. The Morgan fingerprint density at radius 2 is 1.84 bits per heavy atom. The summed E-state index contributed by atoms with van der Waals surface area (Å²) in [6.45, 7) is 3.67. The molecule has 2 aromatic carbocycles. The van der Waals surface area contributed by atoms with Crippen molar-refractivity contribution in [3.8, 4) is 11.5 Å². The zero-order chi connectivity index (χ0) is 14.0. The van der Waals surface area contributed by atoms with Crippen molar-refractivity contribution < 1.29 is 9.84 Å². The molecule has 0 saturated carbocycles. The summed E-state index contributed by atoms with van der Waals surface area (Å²) in [5.74, 6) is 1.46. The highest BCUT2D eigenvalue weighted by Gasteiger charge is 2.08. The van der Waals surface area contributed by atoms with Gasteiger partial charge in [-0.2, -0.15) is 0 Å². The average molecular weight is 342 g/mol. The molecule has 0 heterocycles. The van der Waals surface area contributed by atoms with E-state index in [1.165, 1.54) is 0 Å². The van der Waals surface area contributed by atoms with Crippen LogP contribution in [-0.4, -0.2) is 5.11 Å². The molecule has 0 aliphatic heterocycles. The van der Waals surface area contributed by atoms with Crippen LogP contribution in [0.3, 0.4) is 0 Å². The molecule has 0 amide bonds. The second-order valence-electron chi connectivity index (χ2n) is 4.38. The van der Waals surface area contributed by atoms with Gasteiger partial charge in [0, 0.05) is 5.02 Å². The van der Waals surface area contributed by atoms with Gasteiger partial charge in [-0.25, -0.2) is 0 Å². The number of aliphatic hydroxyl groups is 1. The van der Waals surface area contributed by atoms with Gasteiger partial charge in [0.05, 0.1) is 10.6 Å².